The van der Waals surface area contributed by atoms with Crippen molar-refractivity contribution in [2.45, 2.75) is 31.8 Å². The van der Waals surface area contributed by atoms with Crippen molar-refractivity contribution in [3.8, 4) is 0 Å². The number of rotatable bonds is 6. The van der Waals surface area contributed by atoms with Crippen LogP contribution in [0.1, 0.15) is 19.8 Å². The Morgan fingerprint density at radius 2 is 2.11 bits per heavy atom. The van der Waals surface area contributed by atoms with Crippen molar-refractivity contribution in [3.05, 3.63) is 0 Å². The summed E-state index contributed by atoms with van der Waals surface area (Å²) in [7, 11) is -1.46. The van der Waals surface area contributed by atoms with Crippen LogP contribution in [0.4, 0.5) is 0 Å². The van der Waals surface area contributed by atoms with E-state index < -0.39 is 21.8 Å². The van der Waals surface area contributed by atoms with Crippen molar-refractivity contribution in [2.75, 3.05) is 25.1 Å². The number of amides is 1. The summed E-state index contributed by atoms with van der Waals surface area (Å²) in [6.07, 6.45) is 0.824. The first-order valence-electron chi connectivity index (χ1n) is 6.18. The van der Waals surface area contributed by atoms with Crippen LogP contribution < -0.4 is 5.32 Å². The normalized spacial score (nSPS) is 23.2. The Kier molecular flexibility index (Phi) is 5.30. The van der Waals surface area contributed by atoms with E-state index in [0.717, 1.165) is 0 Å². The summed E-state index contributed by atoms with van der Waals surface area (Å²) in [5.74, 6) is -1.25. The highest BCUT2D eigenvalue weighted by Crippen LogP contribution is 2.11. The fourth-order valence-electron chi connectivity index (χ4n) is 2.19. The van der Waals surface area contributed by atoms with E-state index >= 15 is 0 Å². The highest BCUT2D eigenvalue weighted by Gasteiger charge is 2.29. The molecule has 0 aliphatic carbocycles. The molecule has 0 saturated carbocycles. The van der Waals surface area contributed by atoms with Crippen LogP contribution in [0.3, 0.4) is 0 Å². The Morgan fingerprint density at radius 1 is 1.47 bits per heavy atom. The van der Waals surface area contributed by atoms with Gasteiger partial charge in [0.05, 0.1) is 18.1 Å². The van der Waals surface area contributed by atoms with Gasteiger partial charge in [0.15, 0.2) is 9.84 Å². The smallest absolute Gasteiger partial charge is 0.320 e. The summed E-state index contributed by atoms with van der Waals surface area (Å²) in [5.41, 5.74) is 0. The number of nitrogens with one attached hydrogen (secondary N) is 1. The molecule has 1 fully saturated rings. The molecule has 8 heteroatoms. The molecule has 7 nitrogen and oxygen atoms in total. The van der Waals surface area contributed by atoms with Crippen LogP contribution in [-0.4, -0.2) is 67.5 Å². The van der Waals surface area contributed by atoms with E-state index in [2.05, 4.69) is 5.32 Å². The van der Waals surface area contributed by atoms with Gasteiger partial charge in [-0.1, -0.05) is 6.92 Å². The SMILES string of the molecule is CCC(C(=O)O)N(C)CC(=O)NC1CCS(=O)(=O)C1. The van der Waals surface area contributed by atoms with Crippen molar-refractivity contribution >= 4 is 21.7 Å². The molecule has 110 valence electrons. The quantitative estimate of drug-likeness (QED) is 0.656. The molecule has 0 aromatic heterocycles. The van der Waals surface area contributed by atoms with Gasteiger partial charge in [-0.25, -0.2) is 8.42 Å². The molecule has 0 spiro atoms. The number of carbonyl (C=O) groups is 2. The van der Waals surface area contributed by atoms with Gasteiger partial charge in [0.2, 0.25) is 5.91 Å². The van der Waals surface area contributed by atoms with Gasteiger partial charge >= 0.3 is 5.97 Å². The molecule has 1 amide bonds. The summed E-state index contributed by atoms with van der Waals surface area (Å²) in [6, 6.07) is -1.06. The first-order valence-corrected chi connectivity index (χ1v) is 8.00. The van der Waals surface area contributed by atoms with E-state index in [1.165, 1.54) is 4.90 Å². The van der Waals surface area contributed by atoms with Gasteiger partial charge in [0.25, 0.3) is 0 Å². The second-order valence-corrected chi connectivity index (χ2v) is 7.07. The fourth-order valence-corrected chi connectivity index (χ4v) is 3.87. The van der Waals surface area contributed by atoms with Crippen molar-refractivity contribution in [1.29, 1.82) is 0 Å². The predicted molar refractivity (Wildman–Crippen MR) is 69.5 cm³/mol. The number of carbonyl (C=O) groups excluding carboxylic acids is 1. The first kappa shape index (κ1) is 15.9. The van der Waals surface area contributed by atoms with E-state index in [-0.39, 0.29) is 30.0 Å². The molecule has 0 aromatic carbocycles. The van der Waals surface area contributed by atoms with E-state index in [0.29, 0.717) is 12.8 Å². The van der Waals surface area contributed by atoms with Crippen molar-refractivity contribution in [3.63, 3.8) is 0 Å². The van der Waals surface area contributed by atoms with Crippen molar-refractivity contribution < 1.29 is 23.1 Å². The monoisotopic (exact) mass is 292 g/mol. The first-order chi connectivity index (χ1) is 8.75. The molecule has 1 heterocycles. The van der Waals surface area contributed by atoms with Crippen LogP contribution in [0.25, 0.3) is 0 Å². The molecule has 0 aromatic rings. The average Bonchev–Trinajstić information content (AvgIpc) is 2.57. The molecule has 2 N–H and O–H groups in total. The number of likely N-dealkylation sites (N-methyl/N-ethyl adjacent to an activating group) is 1. The molecule has 2 unspecified atom stereocenters. The number of carboxylic acid groups (broad SMARTS) is 1. The average molecular weight is 292 g/mol. The Labute approximate surface area is 112 Å². The Bertz CT molecular complexity index is 448. The second-order valence-electron chi connectivity index (χ2n) is 4.84. The number of hydrogen-bond acceptors (Lipinski definition) is 5. The van der Waals surface area contributed by atoms with E-state index in [1.54, 1.807) is 14.0 Å². The summed E-state index contributed by atoms with van der Waals surface area (Å²) in [4.78, 5) is 24.1. The Balaban J connectivity index is 2.45. The lowest BCUT2D eigenvalue weighted by molar-refractivity contribution is -0.143. The second kappa shape index (κ2) is 6.33. The van der Waals surface area contributed by atoms with Crippen LogP contribution in [0.2, 0.25) is 0 Å². The topological polar surface area (TPSA) is 104 Å². The van der Waals surface area contributed by atoms with E-state index in [9.17, 15) is 18.0 Å². The van der Waals surface area contributed by atoms with Gasteiger partial charge in [-0.05, 0) is 19.9 Å². The maximum absolute atomic E-state index is 11.7. The number of sulfone groups is 1. The van der Waals surface area contributed by atoms with E-state index in [4.69, 9.17) is 5.11 Å². The molecule has 1 rings (SSSR count). The van der Waals surface area contributed by atoms with Crippen molar-refractivity contribution in [2.24, 2.45) is 0 Å². The van der Waals surface area contributed by atoms with E-state index in [1.807, 2.05) is 0 Å². The standard InChI is InChI=1S/C11H20N2O5S/c1-3-9(11(15)16)13(2)6-10(14)12-8-4-5-19(17,18)7-8/h8-9H,3-7H2,1-2H3,(H,12,14)(H,15,16). The van der Waals surface area contributed by atoms with Gasteiger partial charge in [-0.2, -0.15) is 0 Å². The Hall–Kier alpha value is -1.15. The fraction of sp³-hybridized carbons (Fsp3) is 0.818. The maximum Gasteiger partial charge on any atom is 0.320 e. The molecule has 2 atom stereocenters. The van der Waals surface area contributed by atoms with Crippen molar-refractivity contribution in [1.82, 2.24) is 10.2 Å². The van der Waals surface area contributed by atoms with Crippen LogP contribution in [-0.2, 0) is 19.4 Å². The minimum atomic E-state index is -3.03. The third-order valence-electron chi connectivity index (χ3n) is 3.19. The van der Waals surface area contributed by atoms with Crippen LogP contribution in [0.15, 0.2) is 0 Å². The molecular weight excluding hydrogens is 272 g/mol. The summed E-state index contributed by atoms with van der Waals surface area (Å²) in [6.45, 7) is 1.68. The molecule has 1 aliphatic rings. The largest absolute Gasteiger partial charge is 0.480 e. The maximum atomic E-state index is 11.7. The lowest BCUT2D eigenvalue weighted by Crippen LogP contribution is -2.46. The van der Waals surface area contributed by atoms with Gasteiger partial charge in [-0.15, -0.1) is 0 Å². The minimum absolute atomic E-state index is 0.0292. The molecular formula is C11H20N2O5S. The number of aliphatic carboxylic acids is 1. The van der Waals surface area contributed by atoms with Crippen LogP contribution in [0.5, 0.6) is 0 Å². The number of carboxylic acids is 1. The zero-order chi connectivity index (χ0) is 14.6. The van der Waals surface area contributed by atoms with Gasteiger partial charge in [-0.3, -0.25) is 14.5 Å². The molecule has 1 saturated heterocycles. The minimum Gasteiger partial charge on any atom is -0.480 e. The highest BCUT2D eigenvalue weighted by atomic mass is 32.2. The lowest BCUT2D eigenvalue weighted by Gasteiger charge is -2.23. The number of nitrogens with zero attached hydrogens (tertiary/aromatic N) is 1. The van der Waals surface area contributed by atoms with Crippen LogP contribution >= 0.6 is 0 Å². The molecule has 1 aliphatic heterocycles. The summed E-state index contributed by atoms with van der Waals surface area (Å²) in [5, 5.41) is 11.6. The summed E-state index contributed by atoms with van der Waals surface area (Å²) < 4.78 is 22.5. The van der Waals surface area contributed by atoms with Gasteiger partial charge in [0.1, 0.15) is 6.04 Å². The zero-order valence-corrected chi connectivity index (χ0v) is 11.9. The summed E-state index contributed by atoms with van der Waals surface area (Å²) >= 11 is 0. The molecule has 0 bridgehead atoms. The predicted octanol–water partition coefficient (Wildman–Crippen LogP) is -0.915. The third kappa shape index (κ3) is 4.79. The van der Waals surface area contributed by atoms with Gasteiger partial charge in [0, 0.05) is 6.04 Å². The highest BCUT2D eigenvalue weighted by molar-refractivity contribution is 7.91. The Morgan fingerprint density at radius 3 is 2.53 bits per heavy atom. The van der Waals surface area contributed by atoms with Crippen LogP contribution in [0, 0.1) is 0 Å². The lowest BCUT2D eigenvalue weighted by atomic mass is 10.2. The van der Waals surface area contributed by atoms with Gasteiger partial charge < -0.3 is 10.4 Å². The molecule has 19 heavy (non-hydrogen) atoms. The number of hydrogen-bond donors (Lipinski definition) is 2. The molecule has 0 radical (unpaired) electrons. The third-order valence-corrected chi connectivity index (χ3v) is 4.96. The zero-order valence-electron chi connectivity index (χ0n) is 11.1.